The maximum absolute atomic E-state index is 10.1. The lowest BCUT2D eigenvalue weighted by Crippen LogP contribution is -2.37. The summed E-state index contributed by atoms with van der Waals surface area (Å²) in [5, 5.41) is 20.2. The van der Waals surface area contributed by atoms with Gasteiger partial charge in [0.1, 0.15) is 0 Å². The first-order chi connectivity index (χ1) is 14.1. The van der Waals surface area contributed by atoms with Crippen LogP contribution in [0.1, 0.15) is 79.1 Å². The van der Waals surface area contributed by atoms with Gasteiger partial charge in [-0.2, -0.15) is 0 Å². The smallest absolute Gasteiger partial charge is 0.0860 e. The van der Waals surface area contributed by atoms with Gasteiger partial charge < -0.3 is 14.9 Å². The van der Waals surface area contributed by atoms with Gasteiger partial charge in [0, 0.05) is 6.42 Å². The first-order valence-corrected chi connectivity index (χ1v) is 12.2. The number of aliphatic hydroxyl groups is 2. The monoisotopic (exact) mass is 414 g/mol. The highest BCUT2D eigenvalue weighted by molar-refractivity contribution is 5.38. The number of epoxide rings is 1. The van der Waals surface area contributed by atoms with Gasteiger partial charge in [0.2, 0.25) is 0 Å². The molecular weight excluding hydrogens is 372 g/mol. The Morgan fingerprint density at radius 3 is 2.70 bits per heavy atom. The van der Waals surface area contributed by atoms with Crippen LogP contribution in [0.15, 0.2) is 35.5 Å². The van der Waals surface area contributed by atoms with Crippen molar-refractivity contribution in [2.75, 3.05) is 6.61 Å². The molecular formula is C27H42O3. The van der Waals surface area contributed by atoms with E-state index in [1.54, 1.807) is 5.57 Å². The molecule has 1 aliphatic heterocycles. The number of ether oxygens (including phenoxy) is 1. The summed E-state index contributed by atoms with van der Waals surface area (Å²) in [7, 11) is 0. The first-order valence-electron chi connectivity index (χ1n) is 12.2. The van der Waals surface area contributed by atoms with E-state index in [1.807, 2.05) is 0 Å². The number of hydrogen-bond acceptors (Lipinski definition) is 3. The molecule has 3 heteroatoms. The van der Waals surface area contributed by atoms with Crippen molar-refractivity contribution in [3.8, 4) is 0 Å². The van der Waals surface area contributed by atoms with Crippen molar-refractivity contribution in [3.63, 3.8) is 0 Å². The Kier molecular flexibility index (Phi) is 6.11. The van der Waals surface area contributed by atoms with E-state index >= 15 is 0 Å². The highest BCUT2D eigenvalue weighted by atomic mass is 16.6. The summed E-state index contributed by atoms with van der Waals surface area (Å²) in [6.07, 6.45) is 12.6. The molecule has 0 aromatic carbocycles. The zero-order chi connectivity index (χ0) is 21.7. The average Bonchev–Trinajstić information content (AvgIpc) is 3.46. The molecule has 3 aliphatic carbocycles. The van der Waals surface area contributed by atoms with E-state index < -0.39 is 12.2 Å². The van der Waals surface area contributed by atoms with Crippen LogP contribution in [0.5, 0.6) is 0 Å². The van der Waals surface area contributed by atoms with Crippen molar-refractivity contribution in [1.29, 1.82) is 0 Å². The van der Waals surface area contributed by atoms with E-state index in [4.69, 9.17) is 4.74 Å². The van der Waals surface area contributed by atoms with Crippen LogP contribution in [-0.4, -0.2) is 35.1 Å². The fourth-order valence-electron chi connectivity index (χ4n) is 7.28. The maximum Gasteiger partial charge on any atom is 0.0860 e. The number of fused-ring (bicyclic) bond motifs is 1. The predicted molar refractivity (Wildman–Crippen MR) is 122 cm³/mol. The van der Waals surface area contributed by atoms with Crippen LogP contribution in [0.3, 0.4) is 0 Å². The lowest BCUT2D eigenvalue weighted by atomic mass is 9.59. The van der Waals surface area contributed by atoms with Gasteiger partial charge in [-0.3, -0.25) is 0 Å². The zero-order valence-electron chi connectivity index (χ0n) is 19.5. The summed E-state index contributed by atoms with van der Waals surface area (Å²) in [6, 6.07) is 0. The molecule has 0 aromatic rings. The Balaban J connectivity index is 1.50. The second kappa shape index (κ2) is 8.22. The normalized spacial score (nSPS) is 43.1. The molecule has 0 aromatic heterocycles. The summed E-state index contributed by atoms with van der Waals surface area (Å²) in [5.74, 6) is 2.17. The first kappa shape index (κ1) is 22.3. The van der Waals surface area contributed by atoms with Crippen LogP contribution in [0, 0.1) is 28.6 Å². The van der Waals surface area contributed by atoms with Gasteiger partial charge in [0.15, 0.2) is 0 Å². The summed E-state index contributed by atoms with van der Waals surface area (Å²) in [5.41, 5.74) is 4.08. The maximum atomic E-state index is 10.1. The minimum atomic E-state index is -0.606. The quantitative estimate of drug-likeness (QED) is 0.578. The van der Waals surface area contributed by atoms with Gasteiger partial charge in [-0.15, -0.1) is 0 Å². The largest absolute Gasteiger partial charge is 0.393 e. The molecule has 30 heavy (non-hydrogen) atoms. The van der Waals surface area contributed by atoms with Crippen LogP contribution < -0.4 is 0 Å². The van der Waals surface area contributed by atoms with Crippen molar-refractivity contribution >= 4 is 0 Å². The van der Waals surface area contributed by atoms with Crippen LogP contribution in [0.4, 0.5) is 0 Å². The predicted octanol–water partition coefficient (Wildman–Crippen LogP) is 5.58. The Morgan fingerprint density at radius 1 is 1.27 bits per heavy atom. The zero-order valence-corrected chi connectivity index (χ0v) is 19.5. The third kappa shape index (κ3) is 4.23. The molecule has 0 spiro atoms. The van der Waals surface area contributed by atoms with Gasteiger partial charge in [0.05, 0.1) is 24.9 Å². The second-order valence-electron chi connectivity index (χ2n) is 11.7. The van der Waals surface area contributed by atoms with Crippen molar-refractivity contribution in [3.05, 3.63) is 35.5 Å². The van der Waals surface area contributed by atoms with E-state index in [1.165, 1.54) is 38.5 Å². The fourth-order valence-corrected chi connectivity index (χ4v) is 7.28. The molecule has 0 amide bonds. The third-order valence-electron chi connectivity index (χ3n) is 9.04. The van der Waals surface area contributed by atoms with Crippen LogP contribution >= 0.6 is 0 Å². The molecule has 4 rings (SSSR count). The summed E-state index contributed by atoms with van der Waals surface area (Å²) in [4.78, 5) is 0. The standard InChI is InChI=1S/C27H42O3/c1-17(15-26(3,4)25-16-30-25)22-10-11-23-19(7-6-12-27(22,23)5)8-9-20-13-21(28)14-24(29)18(20)2/h8-9,17,21-25,28-29H,2,6-7,10-16H2,1,3-5H3/b19-8+,20-9-/t17-,21-,22-,23+,24+,25?,27-/m1/s1. The van der Waals surface area contributed by atoms with E-state index in [0.29, 0.717) is 30.3 Å². The van der Waals surface area contributed by atoms with Gasteiger partial charge in [-0.05, 0) is 84.7 Å². The molecule has 1 saturated heterocycles. The lowest BCUT2D eigenvalue weighted by Gasteiger charge is -2.45. The Labute approximate surface area is 183 Å². The van der Waals surface area contributed by atoms with E-state index in [9.17, 15) is 10.2 Å². The van der Waals surface area contributed by atoms with Crippen molar-refractivity contribution in [2.24, 2.45) is 28.6 Å². The fraction of sp³-hybridized carbons (Fsp3) is 0.778. The number of allylic oxidation sites excluding steroid dienone is 3. The highest BCUT2D eigenvalue weighted by Gasteiger charge is 2.52. The summed E-state index contributed by atoms with van der Waals surface area (Å²) in [6.45, 7) is 14.8. The van der Waals surface area contributed by atoms with Crippen molar-refractivity contribution < 1.29 is 14.9 Å². The van der Waals surface area contributed by atoms with E-state index in [2.05, 4.69) is 46.4 Å². The molecule has 7 atom stereocenters. The molecule has 0 bridgehead atoms. The second-order valence-corrected chi connectivity index (χ2v) is 11.7. The lowest BCUT2D eigenvalue weighted by molar-refractivity contribution is 0.0703. The molecule has 168 valence electrons. The minimum Gasteiger partial charge on any atom is -0.393 e. The Bertz CT molecular complexity index is 728. The Morgan fingerprint density at radius 2 is 2.00 bits per heavy atom. The molecule has 2 N–H and O–H groups in total. The van der Waals surface area contributed by atoms with Crippen molar-refractivity contribution in [1.82, 2.24) is 0 Å². The van der Waals surface area contributed by atoms with E-state index in [-0.39, 0.29) is 5.41 Å². The van der Waals surface area contributed by atoms with Gasteiger partial charge in [-0.25, -0.2) is 0 Å². The molecule has 3 saturated carbocycles. The van der Waals surface area contributed by atoms with Gasteiger partial charge >= 0.3 is 0 Å². The van der Waals surface area contributed by atoms with Crippen LogP contribution in [0.2, 0.25) is 0 Å². The van der Waals surface area contributed by atoms with Crippen LogP contribution in [-0.2, 0) is 4.74 Å². The van der Waals surface area contributed by atoms with Crippen LogP contribution in [0.25, 0.3) is 0 Å². The van der Waals surface area contributed by atoms with E-state index in [0.717, 1.165) is 29.6 Å². The molecule has 4 fully saturated rings. The van der Waals surface area contributed by atoms with Crippen molar-refractivity contribution in [2.45, 2.75) is 97.4 Å². The Hall–Kier alpha value is -0.900. The number of rotatable bonds is 5. The molecule has 4 aliphatic rings. The number of hydrogen-bond donors (Lipinski definition) is 2. The molecule has 3 nitrogen and oxygen atoms in total. The molecule has 1 heterocycles. The topological polar surface area (TPSA) is 53.0 Å². The summed E-state index contributed by atoms with van der Waals surface area (Å²) < 4.78 is 5.64. The summed E-state index contributed by atoms with van der Waals surface area (Å²) >= 11 is 0. The third-order valence-corrected chi connectivity index (χ3v) is 9.04. The highest BCUT2D eigenvalue weighted by Crippen LogP contribution is 2.60. The van der Waals surface area contributed by atoms with Gasteiger partial charge in [0.25, 0.3) is 0 Å². The molecule has 0 radical (unpaired) electrons. The SMILES string of the molecule is C=C1/C(=C\C=C2/CCC[C@]3(C)[C@@H]([C@H](C)CC(C)(C)C4CO4)CC[C@@H]23)C[C@@H](O)C[C@@H]1O. The molecule has 1 unspecified atom stereocenters. The minimum absolute atomic E-state index is 0.286. The average molecular weight is 415 g/mol. The number of aliphatic hydroxyl groups excluding tert-OH is 2. The van der Waals surface area contributed by atoms with Gasteiger partial charge in [-0.1, -0.05) is 52.0 Å².